The molecule has 0 amide bonds. The number of nitrogens with zero attached hydrogens (tertiary/aromatic N) is 1. The van der Waals surface area contributed by atoms with Gasteiger partial charge in [-0.2, -0.15) is 5.26 Å². The van der Waals surface area contributed by atoms with Crippen LogP contribution >= 0.6 is 0 Å². The van der Waals surface area contributed by atoms with Crippen molar-refractivity contribution >= 4 is 0 Å². The molecule has 1 aromatic carbocycles. The van der Waals surface area contributed by atoms with Gasteiger partial charge in [0.15, 0.2) is 0 Å². The molecule has 0 unspecified atom stereocenters. The maximum Gasteiger partial charge on any atom is 0.143 e. The second-order valence-corrected chi connectivity index (χ2v) is 3.99. The lowest BCUT2D eigenvalue weighted by atomic mass is 9.89. The van der Waals surface area contributed by atoms with Crippen LogP contribution in [-0.4, -0.2) is 13.1 Å². The first kappa shape index (κ1) is 11.0. The van der Waals surface area contributed by atoms with Gasteiger partial charge in [0.1, 0.15) is 17.7 Å². The highest BCUT2D eigenvalue weighted by molar-refractivity contribution is 5.37. The molecule has 0 spiro atoms. The molecule has 2 rings (SSSR count). The molecule has 1 N–H and O–H groups in total. The summed E-state index contributed by atoms with van der Waals surface area (Å²) in [5.74, 6) is -1.23. The Morgan fingerprint density at radius 3 is 2.50 bits per heavy atom. The molecule has 0 saturated carbocycles. The fourth-order valence-corrected chi connectivity index (χ4v) is 2.10. The number of nitriles is 1. The molecule has 84 valence electrons. The summed E-state index contributed by atoms with van der Waals surface area (Å²) in [6.45, 7) is 1.67. The zero-order valence-corrected chi connectivity index (χ0v) is 8.76. The molecular weight excluding hydrogens is 210 g/mol. The van der Waals surface area contributed by atoms with Gasteiger partial charge in [-0.1, -0.05) is 0 Å². The number of piperidine rings is 1. The van der Waals surface area contributed by atoms with Crippen molar-refractivity contribution in [3.05, 3.63) is 34.9 Å². The standard InChI is InChI=1S/C12H12F2N2/c13-11-6-12(14)10(5-9(11)7-15)8-1-3-16-4-2-8/h5-6,8,16H,1-4H2. The minimum Gasteiger partial charge on any atom is -0.317 e. The highest BCUT2D eigenvalue weighted by Crippen LogP contribution is 2.28. The van der Waals surface area contributed by atoms with Gasteiger partial charge in [0.05, 0.1) is 5.56 Å². The minimum absolute atomic E-state index is 0.0741. The Hall–Kier alpha value is -1.47. The fraction of sp³-hybridized carbons (Fsp3) is 0.417. The number of hydrogen-bond acceptors (Lipinski definition) is 2. The van der Waals surface area contributed by atoms with Crippen LogP contribution in [0.3, 0.4) is 0 Å². The van der Waals surface area contributed by atoms with Crippen molar-refractivity contribution in [2.45, 2.75) is 18.8 Å². The van der Waals surface area contributed by atoms with Crippen molar-refractivity contribution in [1.82, 2.24) is 5.32 Å². The minimum atomic E-state index is -0.780. The molecule has 4 heteroatoms. The molecule has 0 aliphatic carbocycles. The molecule has 0 aromatic heterocycles. The first-order valence-electron chi connectivity index (χ1n) is 5.32. The van der Waals surface area contributed by atoms with Crippen molar-refractivity contribution in [2.24, 2.45) is 0 Å². The van der Waals surface area contributed by atoms with E-state index in [0.717, 1.165) is 32.0 Å². The number of rotatable bonds is 1. The van der Waals surface area contributed by atoms with E-state index in [2.05, 4.69) is 5.32 Å². The molecule has 16 heavy (non-hydrogen) atoms. The van der Waals surface area contributed by atoms with E-state index < -0.39 is 11.6 Å². The maximum atomic E-state index is 13.6. The lowest BCUT2D eigenvalue weighted by molar-refractivity contribution is 0.442. The first-order valence-corrected chi connectivity index (χ1v) is 5.32. The summed E-state index contributed by atoms with van der Waals surface area (Å²) >= 11 is 0. The third kappa shape index (κ3) is 2.05. The summed E-state index contributed by atoms with van der Waals surface area (Å²) in [6.07, 6.45) is 1.65. The van der Waals surface area contributed by atoms with E-state index in [-0.39, 0.29) is 11.5 Å². The van der Waals surface area contributed by atoms with Gasteiger partial charge >= 0.3 is 0 Å². The van der Waals surface area contributed by atoms with Crippen LogP contribution in [0.4, 0.5) is 8.78 Å². The Kier molecular flexibility index (Phi) is 3.16. The van der Waals surface area contributed by atoms with E-state index >= 15 is 0 Å². The van der Waals surface area contributed by atoms with Crippen LogP contribution in [-0.2, 0) is 0 Å². The topological polar surface area (TPSA) is 35.8 Å². The average Bonchev–Trinajstić information content (AvgIpc) is 2.30. The molecule has 0 radical (unpaired) electrons. The lowest BCUT2D eigenvalue weighted by Gasteiger charge is -2.23. The second kappa shape index (κ2) is 4.58. The molecule has 2 nitrogen and oxygen atoms in total. The Labute approximate surface area is 92.9 Å². The first-order chi connectivity index (χ1) is 7.72. The Morgan fingerprint density at radius 1 is 1.19 bits per heavy atom. The highest BCUT2D eigenvalue weighted by atomic mass is 19.1. The third-order valence-electron chi connectivity index (χ3n) is 2.99. The summed E-state index contributed by atoms with van der Waals surface area (Å²) in [4.78, 5) is 0. The van der Waals surface area contributed by atoms with Crippen LogP contribution in [0.5, 0.6) is 0 Å². The molecule has 0 atom stereocenters. The molecule has 1 aromatic rings. The Morgan fingerprint density at radius 2 is 1.88 bits per heavy atom. The van der Waals surface area contributed by atoms with E-state index in [1.807, 2.05) is 0 Å². The molecular formula is C12H12F2N2. The maximum absolute atomic E-state index is 13.6. The fourth-order valence-electron chi connectivity index (χ4n) is 2.10. The summed E-state index contributed by atoms with van der Waals surface area (Å²) in [5, 5.41) is 11.9. The summed E-state index contributed by atoms with van der Waals surface area (Å²) < 4.78 is 26.7. The average molecular weight is 222 g/mol. The molecule has 0 bridgehead atoms. The van der Waals surface area contributed by atoms with Crippen LogP contribution < -0.4 is 5.32 Å². The van der Waals surface area contributed by atoms with Gasteiger partial charge in [0.2, 0.25) is 0 Å². The third-order valence-corrected chi connectivity index (χ3v) is 2.99. The number of halogens is 2. The molecule has 1 aliphatic rings. The Balaban J connectivity index is 2.36. The second-order valence-electron chi connectivity index (χ2n) is 3.99. The molecule has 1 aliphatic heterocycles. The van der Waals surface area contributed by atoms with Crippen molar-refractivity contribution in [3.8, 4) is 6.07 Å². The van der Waals surface area contributed by atoms with Crippen LogP contribution in [0.1, 0.15) is 29.9 Å². The van der Waals surface area contributed by atoms with E-state index in [1.165, 1.54) is 6.07 Å². The summed E-state index contributed by atoms with van der Waals surface area (Å²) in [6, 6.07) is 3.91. The predicted octanol–water partition coefficient (Wildman–Crippen LogP) is 2.30. The van der Waals surface area contributed by atoms with E-state index in [4.69, 9.17) is 5.26 Å². The van der Waals surface area contributed by atoms with Gasteiger partial charge in [-0.05, 0) is 43.5 Å². The van der Waals surface area contributed by atoms with E-state index in [9.17, 15) is 8.78 Å². The number of benzene rings is 1. The van der Waals surface area contributed by atoms with E-state index in [1.54, 1.807) is 6.07 Å². The van der Waals surface area contributed by atoms with Crippen molar-refractivity contribution in [2.75, 3.05) is 13.1 Å². The molecule has 1 heterocycles. The quantitative estimate of drug-likeness (QED) is 0.791. The van der Waals surface area contributed by atoms with Crippen molar-refractivity contribution in [3.63, 3.8) is 0 Å². The van der Waals surface area contributed by atoms with Crippen LogP contribution in [0, 0.1) is 23.0 Å². The monoisotopic (exact) mass is 222 g/mol. The zero-order valence-electron chi connectivity index (χ0n) is 8.76. The van der Waals surface area contributed by atoms with Crippen LogP contribution in [0.15, 0.2) is 12.1 Å². The van der Waals surface area contributed by atoms with Gasteiger partial charge in [-0.3, -0.25) is 0 Å². The van der Waals surface area contributed by atoms with Crippen molar-refractivity contribution < 1.29 is 8.78 Å². The van der Waals surface area contributed by atoms with Gasteiger partial charge in [0, 0.05) is 6.07 Å². The number of nitrogens with one attached hydrogen (secondary N) is 1. The van der Waals surface area contributed by atoms with Gasteiger partial charge in [-0.25, -0.2) is 8.78 Å². The summed E-state index contributed by atoms with van der Waals surface area (Å²) in [7, 11) is 0. The molecule has 1 saturated heterocycles. The van der Waals surface area contributed by atoms with Gasteiger partial charge < -0.3 is 5.32 Å². The Bertz CT molecular complexity index is 431. The summed E-state index contributed by atoms with van der Waals surface area (Å²) in [5.41, 5.74) is 0.398. The van der Waals surface area contributed by atoms with E-state index in [0.29, 0.717) is 5.56 Å². The highest BCUT2D eigenvalue weighted by Gasteiger charge is 2.20. The van der Waals surface area contributed by atoms with Crippen LogP contribution in [0.2, 0.25) is 0 Å². The van der Waals surface area contributed by atoms with Crippen molar-refractivity contribution in [1.29, 1.82) is 5.26 Å². The SMILES string of the molecule is N#Cc1cc(C2CCNCC2)c(F)cc1F. The zero-order chi connectivity index (χ0) is 11.5. The van der Waals surface area contributed by atoms with Gasteiger partial charge in [0.25, 0.3) is 0 Å². The predicted molar refractivity (Wildman–Crippen MR) is 55.9 cm³/mol. The molecule has 1 fully saturated rings. The number of hydrogen-bond donors (Lipinski definition) is 1. The normalized spacial score (nSPS) is 17.1. The smallest absolute Gasteiger partial charge is 0.143 e. The van der Waals surface area contributed by atoms with Gasteiger partial charge in [-0.15, -0.1) is 0 Å². The lowest BCUT2D eigenvalue weighted by Crippen LogP contribution is -2.27. The largest absolute Gasteiger partial charge is 0.317 e. The van der Waals surface area contributed by atoms with Crippen LogP contribution in [0.25, 0.3) is 0 Å².